The molecular formula is C32H26F4N2O4. The SMILES string of the molecule is Fc1ccc2[nH]ccc2c1.O=C(O)CCNC(=O)c1ccc(Cc2cccc(-c3ccc(OC(F)(F)F)cc3)c2)cc1. The first-order chi connectivity index (χ1) is 20.1. The number of fused-ring (bicyclic) bond motifs is 1. The monoisotopic (exact) mass is 578 g/mol. The molecule has 6 nitrogen and oxygen atoms in total. The van der Waals surface area contributed by atoms with E-state index in [4.69, 9.17) is 5.11 Å². The number of alkyl halides is 3. The molecule has 0 spiro atoms. The Morgan fingerprint density at radius 2 is 1.57 bits per heavy atom. The molecule has 1 aromatic heterocycles. The van der Waals surface area contributed by atoms with Crippen molar-refractivity contribution in [2.24, 2.45) is 0 Å². The van der Waals surface area contributed by atoms with Crippen molar-refractivity contribution in [3.8, 4) is 16.9 Å². The number of carbonyl (C=O) groups excluding carboxylic acids is 1. The van der Waals surface area contributed by atoms with Crippen molar-refractivity contribution in [1.29, 1.82) is 0 Å². The average Bonchev–Trinajstić information content (AvgIpc) is 3.41. The van der Waals surface area contributed by atoms with Crippen LogP contribution < -0.4 is 10.1 Å². The van der Waals surface area contributed by atoms with Gasteiger partial charge in [-0.25, -0.2) is 4.39 Å². The molecule has 0 atom stereocenters. The number of benzene rings is 4. The molecule has 10 heteroatoms. The summed E-state index contributed by atoms with van der Waals surface area (Å²) in [4.78, 5) is 25.5. The first-order valence-electron chi connectivity index (χ1n) is 12.8. The van der Waals surface area contributed by atoms with Crippen LogP contribution in [0.5, 0.6) is 5.75 Å². The van der Waals surface area contributed by atoms with Gasteiger partial charge in [0.2, 0.25) is 0 Å². The number of halogens is 4. The Labute approximate surface area is 238 Å². The van der Waals surface area contributed by atoms with Gasteiger partial charge in [-0.3, -0.25) is 9.59 Å². The molecule has 1 amide bonds. The van der Waals surface area contributed by atoms with Gasteiger partial charge in [0.25, 0.3) is 5.91 Å². The van der Waals surface area contributed by atoms with Crippen molar-refractivity contribution in [1.82, 2.24) is 10.3 Å². The maximum atomic E-state index is 12.5. The van der Waals surface area contributed by atoms with Crippen molar-refractivity contribution in [3.63, 3.8) is 0 Å². The van der Waals surface area contributed by atoms with Crippen LogP contribution in [0.15, 0.2) is 103 Å². The number of aromatic nitrogens is 1. The minimum absolute atomic E-state index is 0.0615. The molecule has 0 radical (unpaired) electrons. The van der Waals surface area contributed by atoms with E-state index in [1.807, 2.05) is 42.5 Å². The largest absolute Gasteiger partial charge is 0.573 e. The summed E-state index contributed by atoms with van der Waals surface area (Å²) in [6, 6.07) is 26.8. The molecule has 5 rings (SSSR count). The zero-order chi connectivity index (χ0) is 30.1. The summed E-state index contributed by atoms with van der Waals surface area (Å²) in [6.45, 7) is 0.0615. The molecule has 5 aromatic rings. The zero-order valence-corrected chi connectivity index (χ0v) is 22.1. The molecule has 0 saturated heterocycles. The quantitative estimate of drug-likeness (QED) is 0.168. The number of rotatable bonds is 8. The van der Waals surface area contributed by atoms with E-state index >= 15 is 0 Å². The van der Waals surface area contributed by atoms with Gasteiger partial charge in [-0.2, -0.15) is 0 Å². The predicted molar refractivity (Wildman–Crippen MR) is 151 cm³/mol. The van der Waals surface area contributed by atoms with Crippen LogP contribution in [0.2, 0.25) is 0 Å². The highest BCUT2D eigenvalue weighted by atomic mass is 19.4. The normalized spacial score (nSPS) is 11.0. The number of aliphatic carboxylic acids is 1. The van der Waals surface area contributed by atoms with E-state index in [2.05, 4.69) is 15.0 Å². The Kier molecular flexibility index (Phi) is 9.59. The second kappa shape index (κ2) is 13.5. The highest BCUT2D eigenvalue weighted by Crippen LogP contribution is 2.27. The topological polar surface area (TPSA) is 91.4 Å². The molecule has 0 bridgehead atoms. The average molecular weight is 579 g/mol. The van der Waals surface area contributed by atoms with Gasteiger partial charge < -0.3 is 20.1 Å². The van der Waals surface area contributed by atoms with E-state index in [1.165, 1.54) is 24.3 Å². The van der Waals surface area contributed by atoms with Crippen molar-refractivity contribution in [2.75, 3.05) is 6.54 Å². The number of carboxylic acids is 1. The van der Waals surface area contributed by atoms with Crippen molar-refractivity contribution in [2.45, 2.75) is 19.2 Å². The minimum Gasteiger partial charge on any atom is -0.481 e. The summed E-state index contributed by atoms with van der Waals surface area (Å²) < 4.78 is 53.3. The van der Waals surface area contributed by atoms with Crippen LogP contribution in [0.1, 0.15) is 27.9 Å². The summed E-state index contributed by atoms with van der Waals surface area (Å²) in [7, 11) is 0. The number of carbonyl (C=O) groups is 2. The van der Waals surface area contributed by atoms with Crippen molar-refractivity contribution < 1.29 is 37.0 Å². The van der Waals surface area contributed by atoms with E-state index in [9.17, 15) is 27.2 Å². The third-order valence-corrected chi connectivity index (χ3v) is 6.11. The van der Waals surface area contributed by atoms with Gasteiger partial charge in [0.15, 0.2) is 0 Å². The van der Waals surface area contributed by atoms with Gasteiger partial charge in [0.1, 0.15) is 11.6 Å². The highest BCUT2D eigenvalue weighted by Gasteiger charge is 2.30. The standard InChI is InChI=1S/C24H20F3NO4.C8H6FN/c25-24(26,27)32-21-10-8-18(9-11-21)20-3-1-2-17(15-20)14-16-4-6-19(7-5-16)23(31)28-13-12-22(29)30;9-7-1-2-8-6(5-7)3-4-10-8/h1-11,15H,12-14H2,(H,28,31)(H,29,30);1-5,10H. The number of H-pyrrole nitrogens is 1. The predicted octanol–water partition coefficient (Wildman–Crippen LogP) is 7.35. The van der Waals surface area contributed by atoms with Crippen LogP contribution >= 0.6 is 0 Å². The lowest BCUT2D eigenvalue weighted by Gasteiger charge is -2.10. The first-order valence-corrected chi connectivity index (χ1v) is 12.8. The Morgan fingerprint density at radius 1 is 0.833 bits per heavy atom. The molecule has 0 fully saturated rings. The number of amides is 1. The highest BCUT2D eigenvalue weighted by molar-refractivity contribution is 5.94. The first kappa shape index (κ1) is 29.9. The lowest BCUT2D eigenvalue weighted by atomic mass is 9.98. The summed E-state index contributed by atoms with van der Waals surface area (Å²) in [5.74, 6) is -1.78. The Morgan fingerprint density at radius 3 is 2.26 bits per heavy atom. The minimum atomic E-state index is -4.73. The number of ether oxygens (including phenoxy) is 1. The van der Waals surface area contributed by atoms with Crippen LogP contribution in [0.4, 0.5) is 17.6 Å². The van der Waals surface area contributed by atoms with Gasteiger partial charge in [0, 0.05) is 29.2 Å². The molecule has 0 aliphatic rings. The second-order valence-electron chi connectivity index (χ2n) is 9.26. The summed E-state index contributed by atoms with van der Waals surface area (Å²) in [5, 5.41) is 12.1. The van der Waals surface area contributed by atoms with Gasteiger partial charge in [-0.1, -0.05) is 48.5 Å². The molecule has 0 aliphatic carbocycles. The van der Waals surface area contributed by atoms with Crippen LogP contribution in [-0.4, -0.2) is 34.9 Å². The fourth-order valence-electron chi connectivity index (χ4n) is 4.13. The van der Waals surface area contributed by atoms with Crippen LogP contribution in [0.25, 0.3) is 22.0 Å². The molecule has 0 unspecified atom stereocenters. The fourth-order valence-corrected chi connectivity index (χ4v) is 4.13. The van der Waals surface area contributed by atoms with E-state index in [0.29, 0.717) is 12.0 Å². The zero-order valence-electron chi connectivity index (χ0n) is 22.1. The number of nitrogens with one attached hydrogen (secondary N) is 2. The molecule has 0 aliphatic heterocycles. The molecular weight excluding hydrogens is 552 g/mol. The Balaban J connectivity index is 0.000000337. The molecule has 0 saturated carbocycles. The number of hydrogen-bond donors (Lipinski definition) is 3. The van der Waals surface area contributed by atoms with E-state index in [1.54, 1.807) is 36.5 Å². The second-order valence-corrected chi connectivity index (χ2v) is 9.26. The lowest BCUT2D eigenvalue weighted by molar-refractivity contribution is -0.274. The third-order valence-electron chi connectivity index (χ3n) is 6.11. The van der Waals surface area contributed by atoms with Crippen molar-refractivity contribution in [3.05, 3.63) is 126 Å². The van der Waals surface area contributed by atoms with Gasteiger partial charge in [-0.15, -0.1) is 13.2 Å². The molecule has 4 aromatic carbocycles. The maximum Gasteiger partial charge on any atom is 0.573 e. The van der Waals surface area contributed by atoms with Crippen molar-refractivity contribution >= 4 is 22.8 Å². The molecule has 1 heterocycles. The lowest BCUT2D eigenvalue weighted by Crippen LogP contribution is -2.25. The van der Waals surface area contributed by atoms with E-state index in [0.717, 1.165) is 33.2 Å². The molecule has 3 N–H and O–H groups in total. The molecule has 42 heavy (non-hydrogen) atoms. The van der Waals surface area contributed by atoms with Gasteiger partial charge in [0.05, 0.1) is 6.42 Å². The summed E-state index contributed by atoms with van der Waals surface area (Å²) in [5.41, 5.74) is 5.00. The molecule has 216 valence electrons. The third kappa shape index (κ3) is 8.95. The Bertz CT molecular complexity index is 1650. The summed E-state index contributed by atoms with van der Waals surface area (Å²) >= 11 is 0. The number of carboxylic acid groups (broad SMARTS) is 1. The van der Waals surface area contributed by atoms with Gasteiger partial charge in [-0.05, 0) is 77.2 Å². The number of aromatic amines is 1. The van der Waals surface area contributed by atoms with Crippen LogP contribution in [0, 0.1) is 5.82 Å². The van der Waals surface area contributed by atoms with E-state index < -0.39 is 12.3 Å². The maximum absolute atomic E-state index is 12.5. The van der Waals surface area contributed by atoms with Gasteiger partial charge >= 0.3 is 12.3 Å². The van der Waals surface area contributed by atoms with Crippen LogP contribution in [-0.2, 0) is 11.2 Å². The summed E-state index contributed by atoms with van der Waals surface area (Å²) in [6.07, 6.45) is -2.47. The smallest absolute Gasteiger partial charge is 0.481 e. The fraction of sp³-hybridized carbons (Fsp3) is 0.125. The number of hydrogen-bond acceptors (Lipinski definition) is 3. The van der Waals surface area contributed by atoms with Crippen LogP contribution in [0.3, 0.4) is 0 Å². The Hall–Kier alpha value is -5.12. The van der Waals surface area contributed by atoms with E-state index in [-0.39, 0.29) is 30.4 Å².